The first kappa shape index (κ1) is 16.4. The Morgan fingerprint density at radius 3 is 2.77 bits per heavy atom. The van der Waals surface area contributed by atoms with Gasteiger partial charge in [-0.3, -0.25) is 4.79 Å². The number of aromatic nitrogens is 2. The van der Waals surface area contributed by atoms with Crippen LogP contribution in [0.4, 0.5) is 10.1 Å². The maximum atomic E-state index is 13.8. The topological polar surface area (TPSA) is 72.1 Å². The van der Waals surface area contributed by atoms with Crippen LogP contribution in [0.1, 0.15) is 22.5 Å². The third kappa shape index (κ3) is 2.98. The summed E-state index contributed by atoms with van der Waals surface area (Å²) in [5, 5.41) is 8.88. The Kier molecular flexibility index (Phi) is 4.24. The number of halogens is 1. The molecule has 1 fully saturated rings. The van der Waals surface area contributed by atoms with Gasteiger partial charge in [0.2, 0.25) is 0 Å². The van der Waals surface area contributed by atoms with Crippen molar-refractivity contribution in [2.24, 2.45) is 5.92 Å². The minimum atomic E-state index is -0.211. The smallest absolute Gasteiger partial charge is 0.276 e. The third-order valence-electron chi connectivity index (χ3n) is 4.95. The van der Waals surface area contributed by atoms with E-state index in [1.54, 1.807) is 17.0 Å². The molecule has 0 spiro atoms. The molecule has 4 rings (SSSR count). The second kappa shape index (κ2) is 6.71. The summed E-state index contributed by atoms with van der Waals surface area (Å²) in [5.41, 5.74) is 8.07. The molecule has 1 aliphatic rings. The summed E-state index contributed by atoms with van der Waals surface area (Å²) in [4.78, 5) is 14.6. The van der Waals surface area contributed by atoms with Gasteiger partial charge >= 0.3 is 0 Å². The first-order valence-corrected chi connectivity index (χ1v) is 8.67. The number of likely N-dealkylation sites (tertiary alicyclic amines) is 1. The van der Waals surface area contributed by atoms with Crippen molar-refractivity contribution >= 4 is 22.5 Å². The van der Waals surface area contributed by atoms with Crippen molar-refractivity contribution < 1.29 is 9.18 Å². The van der Waals surface area contributed by atoms with Crippen LogP contribution >= 0.6 is 0 Å². The maximum absolute atomic E-state index is 13.8. The highest BCUT2D eigenvalue weighted by Crippen LogP contribution is 2.26. The molecule has 1 amide bonds. The van der Waals surface area contributed by atoms with Gasteiger partial charge < -0.3 is 10.6 Å². The first-order chi connectivity index (χ1) is 12.6. The number of carbonyl (C=O) groups excluding carboxylic acids is 1. The molecule has 0 bridgehead atoms. The van der Waals surface area contributed by atoms with Gasteiger partial charge in [-0.2, -0.15) is 0 Å². The molecule has 1 aliphatic heterocycles. The second-order valence-corrected chi connectivity index (χ2v) is 6.68. The van der Waals surface area contributed by atoms with E-state index >= 15 is 0 Å². The molecule has 132 valence electrons. The summed E-state index contributed by atoms with van der Waals surface area (Å²) in [6.07, 6.45) is 1.45. The summed E-state index contributed by atoms with van der Waals surface area (Å²) >= 11 is 0. The summed E-state index contributed by atoms with van der Waals surface area (Å²) in [5.74, 6) is -0.177. The zero-order chi connectivity index (χ0) is 18.1. The van der Waals surface area contributed by atoms with Crippen LogP contribution in [0.25, 0.3) is 10.9 Å². The molecule has 5 nitrogen and oxygen atoms in total. The maximum Gasteiger partial charge on any atom is 0.276 e. The second-order valence-electron chi connectivity index (χ2n) is 6.68. The van der Waals surface area contributed by atoms with Crippen molar-refractivity contribution in [2.45, 2.75) is 12.8 Å². The summed E-state index contributed by atoms with van der Waals surface area (Å²) in [7, 11) is 0. The zero-order valence-electron chi connectivity index (χ0n) is 14.2. The van der Waals surface area contributed by atoms with E-state index in [0.29, 0.717) is 36.3 Å². The molecule has 1 saturated heterocycles. The quantitative estimate of drug-likeness (QED) is 0.788. The average Bonchev–Trinajstić information content (AvgIpc) is 3.12. The normalized spacial score (nSPS) is 17.0. The number of fused-ring (bicyclic) bond motifs is 1. The predicted octanol–water partition coefficient (Wildman–Crippen LogP) is 3.06. The fraction of sp³-hybridized carbons (Fsp3) is 0.250. The first-order valence-electron chi connectivity index (χ1n) is 8.67. The number of carbonyl (C=O) groups is 1. The molecule has 0 aliphatic carbocycles. The highest BCUT2D eigenvalue weighted by molar-refractivity contribution is 6.04. The molecule has 2 aromatic carbocycles. The van der Waals surface area contributed by atoms with Crippen LogP contribution in [0.15, 0.2) is 48.5 Å². The van der Waals surface area contributed by atoms with Gasteiger partial charge in [-0.1, -0.05) is 36.4 Å². The molecule has 3 aromatic rings. The number of anilines is 1. The van der Waals surface area contributed by atoms with E-state index in [4.69, 9.17) is 5.73 Å². The van der Waals surface area contributed by atoms with Crippen molar-refractivity contribution in [3.05, 3.63) is 65.6 Å². The molecular weight excluding hydrogens is 331 g/mol. The zero-order valence-corrected chi connectivity index (χ0v) is 14.2. The molecular formula is C20H19FN4O. The van der Waals surface area contributed by atoms with Gasteiger partial charge in [-0.25, -0.2) is 4.39 Å². The molecule has 1 atom stereocenters. The minimum Gasteiger partial charge on any atom is -0.396 e. The van der Waals surface area contributed by atoms with Gasteiger partial charge in [0, 0.05) is 18.5 Å². The van der Waals surface area contributed by atoms with Gasteiger partial charge in [0.05, 0.1) is 11.2 Å². The number of benzene rings is 2. The van der Waals surface area contributed by atoms with E-state index in [2.05, 4.69) is 10.2 Å². The third-order valence-corrected chi connectivity index (χ3v) is 4.95. The number of hydrogen-bond donors (Lipinski definition) is 1. The lowest BCUT2D eigenvalue weighted by Gasteiger charge is -2.17. The standard InChI is InChI=1S/C20H19FN4O/c21-16-7-3-1-5-14(16)11-13-9-10-25(12-13)20(26)19-18(22)15-6-2-4-8-17(15)23-24-19/h1-8,13H,9-12H2,(H2,22,23). The van der Waals surface area contributed by atoms with Crippen molar-refractivity contribution in [3.63, 3.8) is 0 Å². The van der Waals surface area contributed by atoms with Crippen molar-refractivity contribution in [2.75, 3.05) is 18.8 Å². The van der Waals surface area contributed by atoms with E-state index in [1.165, 1.54) is 6.07 Å². The number of hydrogen-bond acceptors (Lipinski definition) is 4. The van der Waals surface area contributed by atoms with E-state index in [0.717, 1.165) is 11.8 Å². The molecule has 1 unspecified atom stereocenters. The molecule has 1 aromatic heterocycles. The number of nitrogens with zero attached hydrogens (tertiary/aromatic N) is 3. The van der Waals surface area contributed by atoms with Crippen molar-refractivity contribution in [3.8, 4) is 0 Å². The van der Waals surface area contributed by atoms with E-state index in [9.17, 15) is 9.18 Å². The van der Waals surface area contributed by atoms with E-state index in [-0.39, 0.29) is 23.3 Å². The van der Waals surface area contributed by atoms with Crippen LogP contribution in [0.3, 0.4) is 0 Å². The highest BCUT2D eigenvalue weighted by Gasteiger charge is 2.29. The largest absolute Gasteiger partial charge is 0.396 e. The van der Waals surface area contributed by atoms with Gasteiger partial charge in [0.25, 0.3) is 5.91 Å². The Balaban J connectivity index is 1.51. The number of rotatable bonds is 3. The summed E-state index contributed by atoms with van der Waals surface area (Å²) in [6, 6.07) is 14.1. The number of nitrogen functional groups attached to an aromatic ring is 1. The monoisotopic (exact) mass is 350 g/mol. The molecule has 2 heterocycles. The van der Waals surface area contributed by atoms with Gasteiger partial charge in [0.15, 0.2) is 5.69 Å². The van der Waals surface area contributed by atoms with Crippen LogP contribution in [0.5, 0.6) is 0 Å². The van der Waals surface area contributed by atoms with Crippen LogP contribution in [0.2, 0.25) is 0 Å². The van der Waals surface area contributed by atoms with Crippen LogP contribution in [-0.4, -0.2) is 34.1 Å². The molecule has 6 heteroatoms. The number of amides is 1. The highest BCUT2D eigenvalue weighted by atomic mass is 19.1. The van der Waals surface area contributed by atoms with Gasteiger partial charge in [-0.15, -0.1) is 10.2 Å². The van der Waals surface area contributed by atoms with Crippen molar-refractivity contribution in [1.29, 1.82) is 0 Å². The Hall–Kier alpha value is -3.02. The van der Waals surface area contributed by atoms with Crippen molar-refractivity contribution in [1.82, 2.24) is 15.1 Å². The van der Waals surface area contributed by atoms with E-state index in [1.807, 2.05) is 30.3 Å². The van der Waals surface area contributed by atoms with Crippen LogP contribution in [-0.2, 0) is 6.42 Å². The average molecular weight is 350 g/mol. The lowest BCUT2D eigenvalue weighted by Crippen LogP contribution is -2.30. The molecule has 26 heavy (non-hydrogen) atoms. The Labute approximate surface area is 150 Å². The Morgan fingerprint density at radius 2 is 1.92 bits per heavy atom. The lowest BCUT2D eigenvalue weighted by molar-refractivity contribution is 0.0781. The predicted molar refractivity (Wildman–Crippen MR) is 98.1 cm³/mol. The van der Waals surface area contributed by atoms with Gasteiger partial charge in [-0.05, 0) is 36.5 Å². The fourth-order valence-corrected chi connectivity index (χ4v) is 3.54. The minimum absolute atomic E-state index is 0.190. The fourth-order valence-electron chi connectivity index (χ4n) is 3.54. The Bertz CT molecular complexity index is 975. The SMILES string of the molecule is Nc1c(C(=O)N2CCC(Cc3ccccc3F)C2)nnc2ccccc12. The molecule has 0 saturated carbocycles. The van der Waals surface area contributed by atoms with Gasteiger partial charge in [0.1, 0.15) is 5.82 Å². The summed E-state index contributed by atoms with van der Waals surface area (Å²) in [6.45, 7) is 1.19. The van der Waals surface area contributed by atoms with Crippen LogP contribution < -0.4 is 5.73 Å². The number of nitrogens with two attached hydrogens (primary N) is 1. The summed E-state index contributed by atoms with van der Waals surface area (Å²) < 4.78 is 13.8. The van der Waals surface area contributed by atoms with Crippen LogP contribution in [0, 0.1) is 11.7 Å². The van der Waals surface area contributed by atoms with E-state index < -0.39 is 0 Å². The Morgan fingerprint density at radius 1 is 1.15 bits per heavy atom. The lowest BCUT2D eigenvalue weighted by atomic mass is 9.98. The molecule has 0 radical (unpaired) electrons. The molecule has 2 N–H and O–H groups in total.